The Labute approximate surface area is 224 Å². The molecule has 194 valence electrons. The molecule has 5 rings (SSSR count). The van der Waals surface area contributed by atoms with E-state index in [1.165, 1.54) is 24.2 Å². The molecule has 1 amide bonds. The van der Waals surface area contributed by atoms with Gasteiger partial charge in [0.05, 0.1) is 24.4 Å². The molecule has 9 heteroatoms. The summed E-state index contributed by atoms with van der Waals surface area (Å²) >= 11 is 1.44. The number of carbonyl (C=O) groups excluding carboxylic acids is 1. The van der Waals surface area contributed by atoms with E-state index in [2.05, 4.69) is 10.3 Å². The van der Waals surface area contributed by atoms with Gasteiger partial charge in [-0.3, -0.25) is 9.78 Å². The number of amides is 1. The van der Waals surface area contributed by atoms with Crippen molar-refractivity contribution in [1.29, 1.82) is 0 Å². The summed E-state index contributed by atoms with van der Waals surface area (Å²) in [5.74, 6) is 0.306. The number of aliphatic hydroxyl groups excluding tert-OH is 1. The number of nitrogens with one attached hydrogen (secondary N) is 1. The van der Waals surface area contributed by atoms with E-state index in [9.17, 15) is 15.1 Å². The maximum atomic E-state index is 12.6. The second-order valence-corrected chi connectivity index (χ2v) is 9.89. The van der Waals surface area contributed by atoms with Crippen LogP contribution >= 0.6 is 11.8 Å². The molecule has 0 bridgehead atoms. The van der Waals surface area contributed by atoms with E-state index < -0.39 is 6.29 Å². The number of nitrogens with zero attached hydrogens (tertiary/aromatic N) is 2. The molecule has 1 aliphatic rings. The molecule has 4 aromatic rings. The number of ether oxygens (including phenoxy) is 2. The van der Waals surface area contributed by atoms with Crippen molar-refractivity contribution in [2.75, 3.05) is 11.1 Å². The molecule has 1 fully saturated rings. The zero-order valence-corrected chi connectivity index (χ0v) is 21.3. The summed E-state index contributed by atoms with van der Waals surface area (Å²) in [5.41, 5.74) is 3.64. The Kier molecular flexibility index (Phi) is 8.30. The molecule has 1 saturated heterocycles. The van der Waals surface area contributed by atoms with Crippen LogP contribution in [-0.4, -0.2) is 27.9 Å². The third kappa shape index (κ3) is 6.38. The number of pyridine rings is 2. The predicted molar refractivity (Wildman–Crippen MR) is 143 cm³/mol. The summed E-state index contributed by atoms with van der Waals surface area (Å²) in [6.07, 6.45) is 4.08. The molecule has 0 unspecified atom stereocenters. The SMILES string of the molecule is O=C(Nc1cccc([C@@H]2O[C@H](CSc3cccc[n+]3[O-])C[C@H](c3ccc(CO)cc3)O2)c1)c1cccnc1. The highest BCUT2D eigenvalue weighted by Crippen LogP contribution is 2.39. The van der Waals surface area contributed by atoms with Gasteiger partial charge in [-0.2, -0.15) is 4.73 Å². The van der Waals surface area contributed by atoms with Crippen LogP contribution in [0.15, 0.2) is 102 Å². The van der Waals surface area contributed by atoms with E-state index in [-0.39, 0.29) is 24.7 Å². The van der Waals surface area contributed by atoms with Gasteiger partial charge in [-0.1, -0.05) is 48.2 Å². The second kappa shape index (κ2) is 12.2. The van der Waals surface area contributed by atoms with Crippen molar-refractivity contribution in [3.63, 3.8) is 0 Å². The predicted octanol–water partition coefficient (Wildman–Crippen LogP) is 4.80. The fourth-order valence-corrected chi connectivity index (χ4v) is 5.12. The Hall–Kier alpha value is -3.76. The van der Waals surface area contributed by atoms with Gasteiger partial charge in [0, 0.05) is 48.0 Å². The highest BCUT2D eigenvalue weighted by Gasteiger charge is 2.33. The summed E-state index contributed by atoms with van der Waals surface area (Å²) < 4.78 is 13.6. The van der Waals surface area contributed by atoms with Gasteiger partial charge in [-0.25, -0.2) is 0 Å². The van der Waals surface area contributed by atoms with Crippen molar-refractivity contribution in [1.82, 2.24) is 4.98 Å². The van der Waals surface area contributed by atoms with Crippen molar-refractivity contribution >= 4 is 23.4 Å². The normalized spacial score (nSPS) is 19.1. The van der Waals surface area contributed by atoms with Crippen LogP contribution in [0.2, 0.25) is 0 Å². The molecule has 1 aliphatic heterocycles. The zero-order valence-electron chi connectivity index (χ0n) is 20.5. The van der Waals surface area contributed by atoms with Gasteiger partial charge in [0.25, 0.3) is 10.9 Å². The van der Waals surface area contributed by atoms with Crippen LogP contribution in [0.4, 0.5) is 5.69 Å². The maximum Gasteiger partial charge on any atom is 0.257 e. The molecule has 3 heterocycles. The topological polar surface area (TPSA) is 108 Å². The fourth-order valence-electron chi connectivity index (χ4n) is 4.19. The largest absolute Gasteiger partial charge is 0.618 e. The van der Waals surface area contributed by atoms with Gasteiger partial charge in [-0.15, -0.1) is 0 Å². The second-order valence-electron chi connectivity index (χ2n) is 8.85. The van der Waals surface area contributed by atoms with E-state index in [0.717, 1.165) is 21.4 Å². The monoisotopic (exact) mass is 529 g/mol. The number of aliphatic hydroxyl groups is 1. The lowest BCUT2D eigenvalue weighted by molar-refractivity contribution is -0.645. The quantitative estimate of drug-likeness (QED) is 0.192. The lowest BCUT2D eigenvalue weighted by Gasteiger charge is -2.36. The van der Waals surface area contributed by atoms with Crippen LogP contribution < -0.4 is 10.0 Å². The van der Waals surface area contributed by atoms with Crippen LogP contribution in [0.3, 0.4) is 0 Å². The smallest absolute Gasteiger partial charge is 0.257 e. The minimum Gasteiger partial charge on any atom is -0.618 e. The number of carbonyl (C=O) groups is 1. The number of anilines is 1. The Morgan fingerprint density at radius 3 is 2.68 bits per heavy atom. The number of thioether (sulfide) groups is 1. The van der Waals surface area contributed by atoms with Crippen molar-refractivity contribution in [2.45, 2.75) is 36.6 Å². The molecule has 2 aromatic heterocycles. The number of rotatable bonds is 8. The average molecular weight is 530 g/mol. The van der Waals surface area contributed by atoms with Gasteiger partial charge >= 0.3 is 0 Å². The van der Waals surface area contributed by atoms with Gasteiger partial charge in [0.2, 0.25) is 0 Å². The van der Waals surface area contributed by atoms with Crippen molar-refractivity contribution in [3.8, 4) is 0 Å². The Bertz CT molecular complexity index is 1370. The third-order valence-corrected chi connectivity index (χ3v) is 7.31. The van der Waals surface area contributed by atoms with E-state index in [1.54, 1.807) is 36.5 Å². The first kappa shape index (κ1) is 25.9. The zero-order chi connectivity index (χ0) is 26.3. The molecule has 2 aromatic carbocycles. The summed E-state index contributed by atoms with van der Waals surface area (Å²) in [7, 11) is 0. The van der Waals surface area contributed by atoms with E-state index in [0.29, 0.717) is 28.5 Å². The highest BCUT2D eigenvalue weighted by atomic mass is 32.2. The van der Waals surface area contributed by atoms with Crippen LogP contribution in [0.25, 0.3) is 0 Å². The lowest BCUT2D eigenvalue weighted by Crippen LogP contribution is -2.32. The molecule has 0 saturated carbocycles. The lowest BCUT2D eigenvalue weighted by atomic mass is 10.0. The molecule has 3 atom stereocenters. The fraction of sp³-hybridized carbons (Fsp3) is 0.207. The van der Waals surface area contributed by atoms with Gasteiger partial charge in [0.15, 0.2) is 12.5 Å². The van der Waals surface area contributed by atoms with Crippen molar-refractivity contribution in [3.05, 3.63) is 125 Å². The number of aromatic nitrogens is 2. The first-order valence-corrected chi connectivity index (χ1v) is 13.2. The van der Waals surface area contributed by atoms with Gasteiger partial charge in [-0.05, 0) is 41.5 Å². The Morgan fingerprint density at radius 2 is 1.92 bits per heavy atom. The average Bonchev–Trinajstić information content (AvgIpc) is 2.97. The standard InChI is InChI=1S/C29H27N3O5S/c33-18-20-9-11-21(12-10-20)26-16-25(19-38-27-8-1-2-14-32(27)35)36-29(37-26)22-5-3-7-24(15-22)31-28(34)23-6-4-13-30-17-23/h1-15,17,25-26,29,33H,16,18-19H2,(H,31,34)/t25-,26+,29+/m0/s1. The van der Waals surface area contributed by atoms with Gasteiger partial charge < -0.3 is 25.1 Å². The van der Waals surface area contributed by atoms with Crippen LogP contribution in [0.5, 0.6) is 0 Å². The minimum atomic E-state index is -0.678. The molecule has 38 heavy (non-hydrogen) atoms. The molecule has 2 N–H and O–H groups in total. The molecular weight excluding hydrogens is 502 g/mol. The minimum absolute atomic E-state index is 0.0272. The Balaban J connectivity index is 1.36. The Morgan fingerprint density at radius 1 is 1.05 bits per heavy atom. The third-order valence-electron chi connectivity index (χ3n) is 6.16. The van der Waals surface area contributed by atoms with E-state index in [4.69, 9.17) is 9.47 Å². The number of benzene rings is 2. The summed E-state index contributed by atoms with van der Waals surface area (Å²) in [4.78, 5) is 16.6. The summed E-state index contributed by atoms with van der Waals surface area (Å²) in [6, 6.07) is 23.8. The highest BCUT2D eigenvalue weighted by molar-refractivity contribution is 7.99. The summed E-state index contributed by atoms with van der Waals surface area (Å²) in [6.45, 7) is -0.0272. The molecule has 0 aliphatic carbocycles. The summed E-state index contributed by atoms with van der Waals surface area (Å²) in [5, 5.41) is 25.0. The van der Waals surface area contributed by atoms with Crippen LogP contribution in [-0.2, 0) is 16.1 Å². The number of hydrogen-bond donors (Lipinski definition) is 2. The van der Waals surface area contributed by atoms with Crippen LogP contribution in [0, 0.1) is 5.21 Å². The first-order valence-electron chi connectivity index (χ1n) is 12.2. The van der Waals surface area contributed by atoms with E-state index in [1.807, 2.05) is 48.5 Å². The number of hydrogen-bond acceptors (Lipinski definition) is 7. The van der Waals surface area contributed by atoms with Gasteiger partial charge in [0.1, 0.15) is 0 Å². The molecule has 0 spiro atoms. The van der Waals surface area contributed by atoms with E-state index >= 15 is 0 Å². The first-order chi connectivity index (χ1) is 18.6. The molecular formula is C29H27N3O5S. The molecule has 8 nitrogen and oxygen atoms in total. The molecule has 0 radical (unpaired) electrons. The van der Waals surface area contributed by atoms with Crippen LogP contribution in [0.1, 0.15) is 45.9 Å². The van der Waals surface area contributed by atoms with Crippen molar-refractivity contribution < 1.29 is 24.1 Å². The van der Waals surface area contributed by atoms with Crippen molar-refractivity contribution in [2.24, 2.45) is 0 Å². The maximum absolute atomic E-state index is 12.6.